The maximum atomic E-state index is 5.52. The molecule has 0 aliphatic rings. The van der Waals surface area contributed by atoms with Crippen molar-refractivity contribution in [3.8, 4) is 11.3 Å². The maximum Gasteiger partial charge on any atom is 0.0997 e. The van der Waals surface area contributed by atoms with E-state index in [1.165, 1.54) is 0 Å². The smallest absolute Gasteiger partial charge is 0.0997 e. The SMILES string of the molecule is Cl.Cl.NCc1nccnc1-c1ccoc1. The van der Waals surface area contributed by atoms with Crippen molar-refractivity contribution in [2.75, 3.05) is 0 Å². The first kappa shape index (κ1) is 13.9. The van der Waals surface area contributed by atoms with Crippen LogP contribution in [-0.4, -0.2) is 9.97 Å². The number of hydrogen-bond donors (Lipinski definition) is 1. The van der Waals surface area contributed by atoms with E-state index in [9.17, 15) is 0 Å². The lowest BCUT2D eigenvalue weighted by molar-refractivity contribution is 0.568. The second-order valence-electron chi connectivity index (χ2n) is 2.57. The van der Waals surface area contributed by atoms with E-state index in [-0.39, 0.29) is 24.8 Å². The molecule has 0 spiro atoms. The summed E-state index contributed by atoms with van der Waals surface area (Å²) in [4.78, 5) is 8.31. The van der Waals surface area contributed by atoms with Crippen molar-refractivity contribution in [1.29, 1.82) is 0 Å². The van der Waals surface area contributed by atoms with E-state index < -0.39 is 0 Å². The minimum Gasteiger partial charge on any atom is -0.472 e. The van der Waals surface area contributed by atoms with Crippen LogP contribution in [0.3, 0.4) is 0 Å². The Hall–Kier alpha value is -1.10. The van der Waals surface area contributed by atoms with Gasteiger partial charge in [-0.2, -0.15) is 0 Å². The van der Waals surface area contributed by atoms with Crippen molar-refractivity contribution < 1.29 is 4.42 Å². The van der Waals surface area contributed by atoms with E-state index in [4.69, 9.17) is 10.2 Å². The molecule has 0 bridgehead atoms. The van der Waals surface area contributed by atoms with Crippen molar-refractivity contribution >= 4 is 24.8 Å². The monoisotopic (exact) mass is 247 g/mol. The average molecular weight is 248 g/mol. The number of nitrogens with two attached hydrogens (primary N) is 1. The number of halogens is 2. The van der Waals surface area contributed by atoms with Crippen LogP contribution in [0, 0.1) is 0 Å². The summed E-state index contributed by atoms with van der Waals surface area (Å²) in [6.07, 6.45) is 6.50. The normalized spacial score (nSPS) is 8.87. The summed E-state index contributed by atoms with van der Waals surface area (Å²) in [6.45, 7) is 0.383. The molecule has 0 unspecified atom stereocenters. The fourth-order valence-corrected chi connectivity index (χ4v) is 1.16. The van der Waals surface area contributed by atoms with Crippen LogP contribution in [0.4, 0.5) is 0 Å². The fraction of sp³-hybridized carbons (Fsp3) is 0.111. The molecule has 0 saturated heterocycles. The van der Waals surface area contributed by atoms with Crippen LogP contribution in [0.25, 0.3) is 11.3 Å². The predicted molar refractivity (Wildman–Crippen MR) is 62.1 cm³/mol. The highest BCUT2D eigenvalue weighted by molar-refractivity contribution is 5.85. The molecule has 0 radical (unpaired) electrons. The van der Waals surface area contributed by atoms with Crippen molar-refractivity contribution in [3.63, 3.8) is 0 Å². The fourth-order valence-electron chi connectivity index (χ4n) is 1.16. The molecule has 6 heteroatoms. The molecule has 2 N–H and O–H groups in total. The summed E-state index contributed by atoms with van der Waals surface area (Å²) in [7, 11) is 0. The van der Waals surface area contributed by atoms with Gasteiger partial charge in [0.1, 0.15) is 0 Å². The van der Waals surface area contributed by atoms with Gasteiger partial charge in [0.25, 0.3) is 0 Å². The molecule has 0 saturated carbocycles. The quantitative estimate of drug-likeness (QED) is 0.883. The molecule has 0 amide bonds. The van der Waals surface area contributed by atoms with Crippen LogP contribution in [0.5, 0.6) is 0 Å². The number of furan rings is 1. The first-order valence-corrected chi connectivity index (χ1v) is 3.94. The Kier molecular flexibility index (Phi) is 5.93. The summed E-state index contributed by atoms with van der Waals surface area (Å²) in [5, 5.41) is 0. The zero-order valence-corrected chi connectivity index (χ0v) is 9.42. The van der Waals surface area contributed by atoms with Crippen LogP contribution in [0.2, 0.25) is 0 Å². The zero-order valence-electron chi connectivity index (χ0n) is 7.79. The molecule has 82 valence electrons. The Morgan fingerprint density at radius 3 is 2.53 bits per heavy atom. The summed E-state index contributed by atoms with van der Waals surface area (Å²) < 4.78 is 4.96. The highest BCUT2D eigenvalue weighted by atomic mass is 35.5. The Morgan fingerprint density at radius 1 is 1.20 bits per heavy atom. The second kappa shape index (κ2) is 6.40. The molecule has 2 heterocycles. The third-order valence-electron chi connectivity index (χ3n) is 1.76. The van der Waals surface area contributed by atoms with Gasteiger partial charge >= 0.3 is 0 Å². The van der Waals surface area contributed by atoms with Crippen LogP contribution < -0.4 is 5.73 Å². The molecule has 0 fully saturated rings. The van der Waals surface area contributed by atoms with Gasteiger partial charge in [-0.1, -0.05) is 0 Å². The molecule has 15 heavy (non-hydrogen) atoms. The highest BCUT2D eigenvalue weighted by Crippen LogP contribution is 2.19. The molecule has 2 aromatic heterocycles. The van der Waals surface area contributed by atoms with E-state index in [0.717, 1.165) is 17.0 Å². The van der Waals surface area contributed by atoms with Crippen molar-refractivity contribution in [1.82, 2.24) is 9.97 Å². The van der Waals surface area contributed by atoms with Gasteiger partial charge in [0.05, 0.1) is 23.9 Å². The summed E-state index contributed by atoms with van der Waals surface area (Å²) in [6, 6.07) is 1.84. The third-order valence-corrected chi connectivity index (χ3v) is 1.76. The number of hydrogen-bond acceptors (Lipinski definition) is 4. The van der Waals surface area contributed by atoms with E-state index in [1.807, 2.05) is 6.07 Å². The second-order valence-corrected chi connectivity index (χ2v) is 2.57. The van der Waals surface area contributed by atoms with Crippen LogP contribution in [-0.2, 0) is 6.54 Å². The highest BCUT2D eigenvalue weighted by Gasteiger charge is 2.06. The lowest BCUT2D eigenvalue weighted by Crippen LogP contribution is -2.02. The summed E-state index contributed by atoms with van der Waals surface area (Å²) in [5.74, 6) is 0. The van der Waals surface area contributed by atoms with Crippen molar-refractivity contribution in [3.05, 3.63) is 36.7 Å². The van der Waals surface area contributed by atoms with Gasteiger partial charge in [-0.05, 0) is 6.07 Å². The lowest BCUT2D eigenvalue weighted by Gasteiger charge is -2.01. The largest absolute Gasteiger partial charge is 0.472 e. The van der Waals surface area contributed by atoms with E-state index in [0.29, 0.717) is 6.54 Å². The van der Waals surface area contributed by atoms with Crippen LogP contribution >= 0.6 is 24.8 Å². The van der Waals surface area contributed by atoms with Crippen LogP contribution in [0.1, 0.15) is 5.69 Å². The minimum absolute atomic E-state index is 0. The molecule has 0 aliphatic carbocycles. The molecule has 0 aromatic carbocycles. The van der Waals surface area contributed by atoms with Gasteiger partial charge in [-0.15, -0.1) is 24.8 Å². The van der Waals surface area contributed by atoms with Gasteiger partial charge in [-0.25, -0.2) is 0 Å². The topological polar surface area (TPSA) is 64.9 Å². The van der Waals surface area contributed by atoms with Crippen molar-refractivity contribution in [2.24, 2.45) is 5.73 Å². The molecular weight excluding hydrogens is 237 g/mol. The number of rotatable bonds is 2. The molecule has 2 aromatic rings. The van der Waals surface area contributed by atoms with E-state index >= 15 is 0 Å². The maximum absolute atomic E-state index is 5.52. The molecule has 2 rings (SSSR count). The van der Waals surface area contributed by atoms with E-state index in [2.05, 4.69) is 9.97 Å². The van der Waals surface area contributed by atoms with Gasteiger partial charge < -0.3 is 10.2 Å². The summed E-state index contributed by atoms with van der Waals surface area (Å²) in [5.41, 5.74) is 8.01. The Balaban J connectivity index is 0.000000980. The summed E-state index contributed by atoms with van der Waals surface area (Å²) >= 11 is 0. The molecule has 4 nitrogen and oxygen atoms in total. The first-order valence-electron chi connectivity index (χ1n) is 3.94. The number of aromatic nitrogens is 2. The van der Waals surface area contributed by atoms with Gasteiger partial charge in [0, 0.05) is 24.5 Å². The standard InChI is InChI=1S/C9H9N3O.2ClH/c10-5-8-9(12-3-2-11-8)7-1-4-13-6-7;;/h1-4,6H,5,10H2;2*1H. The average Bonchev–Trinajstić information content (AvgIpc) is 2.70. The Morgan fingerprint density at radius 2 is 1.93 bits per heavy atom. The first-order chi connectivity index (χ1) is 6.42. The van der Waals surface area contributed by atoms with Gasteiger partial charge in [0.15, 0.2) is 0 Å². The molecule has 0 aliphatic heterocycles. The molecule has 0 atom stereocenters. The third kappa shape index (κ3) is 2.92. The minimum atomic E-state index is 0. The zero-order chi connectivity index (χ0) is 9.10. The van der Waals surface area contributed by atoms with Crippen molar-refractivity contribution in [2.45, 2.75) is 6.54 Å². The molecular formula is C9H11Cl2N3O. The Bertz CT molecular complexity index is 392. The Labute approximate surface area is 99.7 Å². The van der Waals surface area contributed by atoms with E-state index in [1.54, 1.807) is 24.9 Å². The van der Waals surface area contributed by atoms with Gasteiger partial charge in [0.2, 0.25) is 0 Å². The lowest BCUT2D eigenvalue weighted by atomic mass is 10.2. The van der Waals surface area contributed by atoms with Gasteiger partial charge in [-0.3, -0.25) is 9.97 Å². The number of nitrogens with zero attached hydrogens (tertiary/aromatic N) is 2. The predicted octanol–water partition coefficient (Wildman–Crippen LogP) is 2.04. The van der Waals surface area contributed by atoms with Crippen LogP contribution in [0.15, 0.2) is 35.4 Å².